The van der Waals surface area contributed by atoms with Gasteiger partial charge in [-0.25, -0.2) is 0 Å². The van der Waals surface area contributed by atoms with Crippen LogP contribution in [-0.4, -0.2) is 17.9 Å². The first kappa shape index (κ1) is 11.8. The molecule has 4 heteroatoms. The average molecular weight is 236 g/mol. The molecule has 1 aromatic rings. The van der Waals surface area contributed by atoms with E-state index < -0.39 is 11.9 Å². The van der Waals surface area contributed by atoms with Crippen LogP contribution in [-0.2, 0) is 11.2 Å². The lowest BCUT2D eigenvalue weighted by molar-refractivity contribution is -0.141. The number of hydrogen-bond acceptors (Lipinski definition) is 3. The van der Waals surface area contributed by atoms with Gasteiger partial charge in [0.2, 0.25) is 6.79 Å². The predicted octanol–water partition coefficient (Wildman–Crippen LogP) is 2.30. The lowest BCUT2D eigenvalue weighted by atomic mass is 9.94. The third-order valence-corrected chi connectivity index (χ3v) is 3.28. The topological polar surface area (TPSA) is 55.8 Å². The molecule has 0 bridgehead atoms. The molecule has 0 radical (unpaired) electrons. The molecule has 0 aliphatic carbocycles. The fourth-order valence-corrected chi connectivity index (χ4v) is 2.00. The molecule has 0 aromatic heterocycles. The fourth-order valence-electron chi connectivity index (χ4n) is 2.00. The number of benzene rings is 1. The number of rotatable bonds is 3. The zero-order valence-electron chi connectivity index (χ0n) is 10.2. The quantitative estimate of drug-likeness (QED) is 0.874. The van der Waals surface area contributed by atoms with E-state index in [1.54, 1.807) is 6.92 Å². The van der Waals surface area contributed by atoms with Crippen molar-refractivity contribution in [3.05, 3.63) is 22.8 Å². The number of aliphatic carboxylic acids is 1. The number of hydrogen-bond donors (Lipinski definition) is 1. The Morgan fingerprint density at radius 2 is 2.12 bits per heavy atom. The normalized spacial score (nSPS) is 14.8. The van der Waals surface area contributed by atoms with Crippen molar-refractivity contribution in [2.75, 3.05) is 6.79 Å². The molecule has 1 heterocycles. The molecular weight excluding hydrogens is 220 g/mol. The summed E-state index contributed by atoms with van der Waals surface area (Å²) >= 11 is 0. The predicted molar refractivity (Wildman–Crippen MR) is 62.5 cm³/mol. The molecule has 0 amide bonds. The van der Waals surface area contributed by atoms with Crippen molar-refractivity contribution < 1.29 is 19.4 Å². The van der Waals surface area contributed by atoms with E-state index in [-0.39, 0.29) is 6.79 Å². The Balaban J connectivity index is 2.36. The summed E-state index contributed by atoms with van der Waals surface area (Å²) in [5, 5.41) is 8.94. The summed E-state index contributed by atoms with van der Waals surface area (Å²) in [5.41, 5.74) is 3.14. The lowest BCUT2D eigenvalue weighted by Gasteiger charge is -2.13. The molecule has 4 nitrogen and oxygen atoms in total. The number of ether oxygens (including phenoxy) is 2. The van der Waals surface area contributed by atoms with Gasteiger partial charge in [0.25, 0.3) is 0 Å². The zero-order valence-corrected chi connectivity index (χ0v) is 10.2. The minimum Gasteiger partial charge on any atom is -0.481 e. The second-order valence-corrected chi connectivity index (χ2v) is 4.46. The lowest BCUT2D eigenvalue weighted by Crippen LogP contribution is -2.13. The molecule has 1 aromatic carbocycles. The van der Waals surface area contributed by atoms with Gasteiger partial charge in [0.05, 0.1) is 5.92 Å². The third-order valence-electron chi connectivity index (χ3n) is 3.28. The molecule has 0 spiro atoms. The summed E-state index contributed by atoms with van der Waals surface area (Å²) in [6, 6.07) is 1.89. The smallest absolute Gasteiger partial charge is 0.306 e. The number of carboxylic acid groups (broad SMARTS) is 1. The molecule has 92 valence electrons. The Kier molecular flexibility index (Phi) is 2.96. The number of carboxylic acids is 1. The minimum absolute atomic E-state index is 0.244. The highest BCUT2D eigenvalue weighted by molar-refractivity contribution is 5.70. The maximum absolute atomic E-state index is 10.9. The monoisotopic (exact) mass is 236 g/mol. The van der Waals surface area contributed by atoms with Crippen molar-refractivity contribution in [2.45, 2.75) is 27.2 Å². The van der Waals surface area contributed by atoms with E-state index in [9.17, 15) is 4.79 Å². The molecule has 17 heavy (non-hydrogen) atoms. The zero-order chi connectivity index (χ0) is 12.6. The van der Waals surface area contributed by atoms with Gasteiger partial charge in [-0.05, 0) is 43.0 Å². The van der Waals surface area contributed by atoms with E-state index in [4.69, 9.17) is 14.6 Å². The van der Waals surface area contributed by atoms with E-state index in [1.807, 2.05) is 19.9 Å². The van der Waals surface area contributed by atoms with Gasteiger partial charge in [0.15, 0.2) is 11.5 Å². The SMILES string of the molecule is Cc1c(CC(C)C(=O)O)cc2c(c1C)OCO2. The Morgan fingerprint density at radius 3 is 2.76 bits per heavy atom. The minimum atomic E-state index is -0.778. The summed E-state index contributed by atoms with van der Waals surface area (Å²) < 4.78 is 10.7. The summed E-state index contributed by atoms with van der Waals surface area (Å²) in [4.78, 5) is 10.9. The molecule has 2 rings (SSSR count). The van der Waals surface area contributed by atoms with Gasteiger partial charge in [-0.1, -0.05) is 6.92 Å². The van der Waals surface area contributed by atoms with Crippen LogP contribution in [0.15, 0.2) is 6.07 Å². The molecule has 0 fully saturated rings. The van der Waals surface area contributed by atoms with Crippen LogP contribution in [0.2, 0.25) is 0 Å². The summed E-state index contributed by atoms with van der Waals surface area (Å²) in [5.74, 6) is 0.336. The maximum atomic E-state index is 10.9. The van der Waals surface area contributed by atoms with Crippen molar-refractivity contribution in [3.8, 4) is 11.5 Å². The van der Waals surface area contributed by atoms with Crippen molar-refractivity contribution in [1.82, 2.24) is 0 Å². The van der Waals surface area contributed by atoms with E-state index >= 15 is 0 Å². The second kappa shape index (κ2) is 4.28. The van der Waals surface area contributed by atoms with Crippen LogP contribution >= 0.6 is 0 Å². The molecule has 1 aliphatic rings. The van der Waals surface area contributed by atoms with Crippen molar-refractivity contribution in [3.63, 3.8) is 0 Å². The fraction of sp³-hybridized carbons (Fsp3) is 0.462. The van der Waals surface area contributed by atoms with Crippen LogP contribution in [0, 0.1) is 19.8 Å². The van der Waals surface area contributed by atoms with Crippen molar-refractivity contribution in [2.24, 2.45) is 5.92 Å². The number of carbonyl (C=O) groups is 1. The van der Waals surface area contributed by atoms with Gasteiger partial charge in [0.1, 0.15) is 0 Å². The van der Waals surface area contributed by atoms with Crippen LogP contribution in [0.4, 0.5) is 0 Å². The highest BCUT2D eigenvalue weighted by Gasteiger charge is 2.22. The van der Waals surface area contributed by atoms with E-state index in [2.05, 4.69) is 0 Å². The van der Waals surface area contributed by atoms with Gasteiger partial charge >= 0.3 is 5.97 Å². The largest absolute Gasteiger partial charge is 0.481 e. The highest BCUT2D eigenvalue weighted by atomic mass is 16.7. The second-order valence-electron chi connectivity index (χ2n) is 4.46. The Labute approximate surface area is 100 Å². The molecule has 1 aliphatic heterocycles. The van der Waals surface area contributed by atoms with Crippen LogP contribution < -0.4 is 9.47 Å². The Morgan fingerprint density at radius 1 is 1.41 bits per heavy atom. The summed E-state index contributed by atoms with van der Waals surface area (Å²) in [7, 11) is 0. The maximum Gasteiger partial charge on any atom is 0.306 e. The molecule has 1 unspecified atom stereocenters. The van der Waals surface area contributed by atoms with Crippen LogP contribution in [0.1, 0.15) is 23.6 Å². The van der Waals surface area contributed by atoms with Gasteiger partial charge in [0, 0.05) is 0 Å². The number of fused-ring (bicyclic) bond motifs is 1. The molecule has 1 atom stereocenters. The Hall–Kier alpha value is -1.71. The van der Waals surface area contributed by atoms with E-state index in [0.717, 1.165) is 28.2 Å². The molecule has 0 saturated heterocycles. The van der Waals surface area contributed by atoms with Crippen LogP contribution in [0.5, 0.6) is 11.5 Å². The third kappa shape index (κ3) is 2.07. The van der Waals surface area contributed by atoms with Crippen LogP contribution in [0.3, 0.4) is 0 Å². The van der Waals surface area contributed by atoms with E-state index in [1.165, 1.54) is 0 Å². The van der Waals surface area contributed by atoms with Crippen molar-refractivity contribution in [1.29, 1.82) is 0 Å². The van der Waals surface area contributed by atoms with E-state index in [0.29, 0.717) is 6.42 Å². The van der Waals surface area contributed by atoms with Gasteiger partial charge in [-0.3, -0.25) is 4.79 Å². The Bertz CT molecular complexity index is 465. The first-order valence-corrected chi connectivity index (χ1v) is 5.62. The first-order valence-electron chi connectivity index (χ1n) is 5.62. The summed E-state index contributed by atoms with van der Waals surface area (Å²) in [6.45, 7) is 5.91. The molecular formula is C13H16O4. The first-order chi connectivity index (χ1) is 8.00. The molecule has 1 N–H and O–H groups in total. The highest BCUT2D eigenvalue weighted by Crippen LogP contribution is 2.39. The van der Waals surface area contributed by atoms with Crippen molar-refractivity contribution >= 4 is 5.97 Å². The molecule has 0 saturated carbocycles. The van der Waals surface area contributed by atoms with Gasteiger partial charge in [-0.2, -0.15) is 0 Å². The summed E-state index contributed by atoms with van der Waals surface area (Å²) in [6.07, 6.45) is 0.513. The standard InChI is InChI=1S/C13H16O4/c1-7(13(14)15)4-10-5-11-12(17-6-16-11)9(3)8(10)2/h5,7H,4,6H2,1-3H3,(H,14,15). The van der Waals surface area contributed by atoms with Gasteiger partial charge in [-0.15, -0.1) is 0 Å². The average Bonchev–Trinajstić information content (AvgIpc) is 2.73. The van der Waals surface area contributed by atoms with Crippen LogP contribution in [0.25, 0.3) is 0 Å². The van der Waals surface area contributed by atoms with Gasteiger partial charge < -0.3 is 14.6 Å².